The molecule has 2 fully saturated rings. The highest BCUT2D eigenvalue weighted by Crippen LogP contribution is 2.36. The number of nitrogens with zero attached hydrogens (tertiary/aromatic N) is 5. The molecule has 6 rings (SSSR count). The minimum atomic E-state index is -2.74. The van der Waals surface area contributed by atoms with Gasteiger partial charge in [-0.05, 0) is 49.6 Å². The Balaban J connectivity index is 0.000000270. The van der Waals surface area contributed by atoms with Gasteiger partial charge in [-0.15, -0.1) is 0 Å². The maximum Gasteiger partial charge on any atom is 0.248 e. The Kier molecular flexibility index (Phi) is 12.1. The first-order valence-corrected chi connectivity index (χ1v) is 15.9. The highest BCUT2D eigenvalue weighted by Gasteiger charge is 2.37. The molecule has 10 nitrogen and oxygen atoms in total. The van der Waals surface area contributed by atoms with Gasteiger partial charge in [0.2, 0.25) is 24.1 Å². The number of carbonyl (C=O) groups is 3. The molecule has 4 aromatic rings. The zero-order chi connectivity index (χ0) is 34.8. The zero-order valence-corrected chi connectivity index (χ0v) is 27.2. The van der Waals surface area contributed by atoms with Crippen molar-refractivity contribution in [1.29, 1.82) is 5.26 Å². The maximum atomic E-state index is 14.6. The largest absolute Gasteiger partial charge is 0.351 e. The number of carbonyl (C=O) groups excluding carboxylic acids is 3. The van der Waals surface area contributed by atoms with Crippen LogP contribution in [0.1, 0.15) is 69.5 Å². The Morgan fingerprint density at radius 2 is 1.94 bits per heavy atom. The number of anilines is 2. The molecule has 1 saturated carbocycles. The van der Waals surface area contributed by atoms with Gasteiger partial charge in [0.25, 0.3) is 0 Å². The molecule has 2 aliphatic rings. The van der Waals surface area contributed by atoms with E-state index in [4.69, 9.17) is 16.9 Å². The maximum absolute atomic E-state index is 14.6. The number of alkyl halides is 2. The van der Waals surface area contributed by atoms with Gasteiger partial charge < -0.3 is 5.32 Å². The van der Waals surface area contributed by atoms with Crippen LogP contribution in [-0.4, -0.2) is 51.9 Å². The van der Waals surface area contributed by atoms with Crippen molar-refractivity contribution in [3.8, 4) is 6.07 Å². The van der Waals surface area contributed by atoms with E-state index >= 15 is 0 Å². The van der Waals surface area contributed by atoms with Crippen molar-refractivity contribution in [2.24, 2.45) is 0 Å². The predicted octanol–water partition coefficient (Wildman–Crippen LogP) is 6.86. The van der Waals surface area contributed by atoms with Crippen LogP contribution in [0.4, 0.5) is 24.7 Å². The van der Waals surface area contributed by atoms with Gasteiger partial charge in [-0.3, -0.25) is 29.3 Å². The second-order valence-electron chi connectivity index (χ2n) is 11.0. The van der Waals surface area contributed by atoms with Crippen molar-refractivity contribution in [1.82, 2.24) is 20.5 Å². The second-order valence-corrected chi connectivity index (χ2v) is 11.4. The normalized spacial score (nSPS) is 16.1. The SMILES string of the molecule is CC.N#Cc1ccnc(N2CCCC2=O)c1.O=CN(c1cc(F)c2[nH]ncc2c1)C(C(=O)NC1CCC(F)(F)CC1)c1ccccc1Cl. The van der Waals surface area contributed by atoms with Crippen molar-refractivity contribution in [3.63, 3.8) is 0 Å². The number of halogens is 4. The molecule has 3 heterocycles. The van der Waals surface area contributed by atoms with Crippen LogP contribution >= 0.6 is 11.6 Å². The molecule has 1 aliphatic heterocycles. The van der Waals surface area contributed by atoms with Crippen molar-refractivity contribution >= 4 is 52.2 Å². The summed E-state index contributed by atoms with van der Waals surface area (Å²) in [6.45, 7) is 4.71. The number of hydrogen-bond donors (Lipinski definition) is 2. The average molecular weight is 682 g/mol. The van der Waals surface area contributed by atoms with Gasteiger partial charge in [-0.1, -0.05) is 43.6 Å². The number of H-pyrrole nitrogens is 1. The van der Waals surface area contributed by atoms with Gasteiger partial charge in [0.05, 0.1) is 17.8 Å². The first kappa shape index (κ1) is 35.9. The van der Waals surface area contributed by atoms with Gasteiger partial charge in [0, 0.05) is 59.7 Å². The lowest BCUT2D eigenvalue weighted by atomic mass is 9.91. The van der Waals surface area contributed by atoms with Gasteiger partial charge in [0.1, 0.15) is 17.4 Å². The lowest BCUT2D eigenvalue weighted by Gasteiger charge is -2.33. The first-order chi connectivity index (χ1) is 23.1. The third-order valence-corrected chi connectivity index (χ3v) is 8.26. The minimum absolute atomic E-state index is 0.0904. The molecule has 252 valence electrons. The Hall–Kier alpha value is -4.96. The van der Waals surface area contributed by atoms with Crippen LogP contribution in [-0.2, 0) is 14.4 Å². The summed E-state index contributed by atoms with van der Waals surface area (Å²) in [6, 6.07) is 12.7. The van der Waals surface area contributed by atoms with E-state index in [0.717, 1.165) is 17.4 Å². The number of pyridine rings is 1. The number of benzene rings is 2. The van der Waals surface area contributed by atoms with Crippen molar-refractivity contribution in [2.75, 3.05) is 16.3 Å². The van der Waals surface area contributed by atoms with Crippen LogP contribution in [0.5, 0.6) is 0 Å². The Morgan fingerprint density at radius 3 is 2.58 bits per heavy atom. The smallest absolute Gasteiger partial charge is 0.248 e. The zero-order valence-electron chi connectivity index (χ0n) is 26.4. The quantitative estimate of drug-likeness (QED) is 0.205. The lowest BCUT2D eigenvalue weighted by molar-refractivity contribution is -0.125. The van der Waals surface area contributed by atoms with Gasteiger partial charge in [0.15, 0.2) is 5.82 Å². The van der Waals surface area contributed by atoms with Gasteiger partial charge >= 0.3 is 0 Å². The highest BCUT2D eigenvalue weighted by atomic mass is 35.5. The minimum Gasteiger partial charge on any atom is -0.351 e. The van der Waals surface area contributed by atoms with E-state index in [0.29, 0.717) is 41.7 Å². The molecule has 1 saturated heterocycles. The number of nitriles is 1. The monoisotopic (exact) mass is 681 g/mol. The van der Waals surface area contributed by atoms with E-state index in [1.165, 1.54) is 12.3 Å². The molecule has 1 atom stereocenters. The molecule has 14 heteroatoms. The molecule has 1 unspecified atom stereocenters. The number of aromatic amines is 1. The molecule has 48 heavy (non-hydrogen) atoms. The van der Waals surface area contributed by atoms with Gasteiger partial charge in [-0.2, -0.15) is 10.4 Å². The summed E-state index contributed by atoms with van der Waals surface area (Å²) in [5, 5.41) is 18.4. The molecule has 2 N–H and O–H groups in total. The molecule has 2 aromatic carbocycles. The van der Waals surface area contributed by atoms with Crippen LogP contribution in [0, 0.1) is 17.1 Å². The molecule has 1 aliphatic carbocycles. The summed E-state index contributed by atoms with van der Waals surface area (Å²) in [6.07, 6.45) is 4.41. The van der Waals surface area contributed by atoms with E-state index in [1.807, 2.05) is 19.9 Å². The number of aromatic nitrogens is 3. The topological polar surface area (TPSA) is 135 Å². The van der Waals surface area contributed by atoms with Crippen molar-refractivity contribution < 1.29 is 27.6 Å². The summed E-state index contributed by atoms with van der Waals surface area (Å²) in [7, 11) is 0. The van der Waals surface area contributed by atoms with E-state index in [9.17, 15) is 27.6 Å². The van der Waals surface area contributed by atoms with E-state index in [2.05, 4.69) is 20.5 Å². The van der Waals surface area contributed by atoms with Crippen LogP contribution < -0.4 is 15.1 Å². The fourth-order valence-electron chi connectivity index (χ4n) is 5.52. The number of nitrogens with one attached hydrogen (secondary N) is 2. The Labute approximate surface area is 280 Å². The lowest BCUT2D eigenvalue weighted by Crippen LogP contribution is -2.46. The Bertz CT molecular complexity index is 1790. The van der Waals surface area contributed by atoms with Gasteiger partial charge in [-0.25, -0.2) is 18.2 Å². The van der Waals surface area contributed by atoms with Crippen LogP contribution in [0.2, 0.25) is 5.02 Å². The summed E-state index contributed by atoms with van der Waals surface area (Å²) < 4.78 is 41.6. The average Bonchev–Trinajstić information content (AvgIpc) is 3.75. The third-order valence-electron chi connectivity index (χ3n) is 7.91. The standard InChI is InChI=1S/C22H20ClF3N4O2.C10H9N3O.C2H6/c23-17-4-2-1-3-16(17)20(21(32)28-14-5-7-22(25,26)8-6-14)30(12-31)15-9-13-11-27-29-19(13)18(24)10-15;11-7-8-3-4-12-9(6-8)13-5-1-2-10(13)14;1-2/h1-4,9-12,14,20H,5-8H2,(H,27,29)(H,28,32);3-4,6H,1-2,5H2;1-2H3. The Morgan fingerprint density at radius 1 is 1.21 bits per heavy atom. The van der Waals surface area contributed by atoms with Crippen LogP contribution in [0.15, 0.2) is 60.9 Å². The molecule has 0 radical (unpaired) electrons. The molecule has 0 bridgehead atoms. The number of rotatable bonds is 7. The van der Waals surface area contributed by atoms with E-state index in [-0.39, 0.29) is 47.8 Å². The summed E-state index contributed by atoms with van der Waals surface area (Å²) >= 11 is 6.33. The number of fused-ring (bicyclic) bond motifs is 1. The molecule has 0 spiro atoms. The molecular formula is C34H35ClF3N7O3. The number of hydrogen-bond acceptors (Lipinski definition) is 6. The summed E-state index contributed by atoms with van der Waals surface area (Å²) in [4.78, 5) is 43.6. The molecule has 3 amide bonds. The summed E-state index contributed by atoms with van der Waals surface area (Å²) in [5.74, 6) is -3.29. The van der Waals surface area contributed by atoms with E-state index < -0.39 is 29.7 Å². The third kappa shape index (κ3) is 8.49. The molecular weight excluding hydrogens is 647 g/mol. The summed E-state index contributed by atoms with van der Waals surface area (Å²) in [5.41, 5.74) is 1.16. The van der Waals surface area contributed by atoms with E-state index in [1.54, 1.807) is 47.5 Å². The second kappa shape index (κ2) is 16.2. The van der Waals surface area contributed by atoms with Crippen LogP contribution in [0.25, 0.3) is 10.9 Å². The fraction of sp³-hybridized carbons (Fsp3) is 0.353. The van der Waals surface area contributed by atoms with Crippen molar-refractivity contribution in [2.45, 2.75) is 70.4 Å². The predicted molar refractivity (Wildman–Crippen MR) is 176 cm³/mol. The number of amides is 3. The highest BCUT2D eigenvalue weighted by molar-refractivity contribution is 6.31. The molecule has 2 aromatic heterocycles. The first-order valence-electron chi connectivity index (χ1n) is 15.6. The fourth-order valence-corrected chi connectivity index (χ4v) is 5.76. The van der Waals surface area contributed by atoms with Crippen molar-refractivity contribution in [3.05, 3.63) is 82.9 Å². The van der Waals surface area contributed by atoms with Crippen LogP contribution in [0.3, 0.4) is 0 Å².